The van der Waals surface area contributed by atoms with Gasteiger partial charge >= 0.3 is 6.18 Å². The molecule has 9 heteroatoms. The minimum atomic E-state index is -4.40. The summed E-state index contributed by atoms with van der Waals surface area (Å²) in [4.78, 5) is 4.01. The molecular formula is C18H20F4IN3O. The summed E-state index contributed by atoms with van der Waals surface area (Å²) in [5, 5.41) is 5.92. The Morgan fingerprint density at radius 2 is 1.52 bits per heavy atom. The molecule has 2 N–H and O–H groups in total. The Balaban J connectivity index is 0.00000364. The van der Waals surface area contributed by atoms with Crippen LogP contribution in [0, 0.1) is 5.82 Å². The highest BCUT2D eigenvalue weighted by atomic mass is 127. The molecule has 27 heavy (non-hydrogen) atoms. The summed E-state index contributed by atoms with van der Waals surface area (Å²) in [6, 6.07) is 12.8. The lowest BCUT2D eigenvalue weighted by atomic mass is 10.2. The number of nitrogens with one attached hydrogen (secondary N) is 2. The number of hydrogen-bond acceptors (Lipinski definition) is 2. The van der Waals surface area contributed by atoms with Gasteiger partial charge in [-0.05, 0) is 12.1 Å². The van der Waals surface area contributed by atoms with Gasteiger partial charge in [-0.3, -0.25) is 4.99 Å². The summed E-state index contributed by atoms with van der Waals surface area (Å²) in [5.74, 6) is 0.196. The number of rotatable bonds is 6. The third-order valence-electron chi connectivity index (χ3n) is 3.44. The number of alkyl halides is 3. The Labute approximate surface area is 172 Å². The predicted molar refractivity (Wildman–Crippen MR) is 107 cm³/mol. The molecule has 0 fully saturated rings. The zero-order chi connectivity index (χ0) is 19.0. The molecule has 148 valence electrons. The Hall–Kier alpha value is -2.04. The van der Waals surface area contributed by atoms with Gasteiger partial charge in [0.1, 0.15) is 11.6 Å². The molecule has 0 atom stereocenters. The normalized spacial score (nSPS) is 11.5. The first kappa shape index (κ1) is 23.0. The fraction of sp³-hybridized carbons (Fsp3) is 0.278. The molecule has 0 radical (unpaired) electrons. The molecule has 0 aliphatic carbocycles. The van der Waals surface area contributed by atoms with Crippen LogP contribution < -0.4 is 15.4 Å². The molecule has 2 rings (SSSR count). The van der Waals surface area contributed by atoms with Crippen LogP contribution in [0.2, 0.25) is 0 Å². The highest BCUT2D eigenvalue weighted by Gasteiger charge is 2.28. The van der Waals surface area contributed by atoms with Crippen LogP contribution in [-0.2, 0) is 13.1 Å². The van der Waals surface area contributed by atoms with Crippen molar-refractivity contribution in [3.63, 3.8) is 0 Å². The molecule has 0 aliphatic rings. The van der Waals surface area contributed by atoms with Crippen LogP contribution in [0.3, 0.4) is 0 Å². The standard InChI is InChI=1S/C18H19F4N3O.HI/c1-23-17(24-10-13-6-2-4-8-15(13)19)25-11-14-7-3-5-9-16(14)26-12-18(20,21)22;/h2-9H,10-12H2,1H3,(H2,23,24,25);1H. The molecule has 2 aromatic rings. The fourth-order valence-corrected chi connectivity index (χ4v) is 2.17. The van der Waals surface area contributed by atoms with Gasteiger partial charge in [-0.25, -0.2) is 4.39 Å². The lowest BCUT2D eigenvalue weighted by Crippen LogP contribution is -2.36. The van der Waals surface area contributed by atoms with E-state index in [4.69, 9.17) is 4.74 Å². The maximum absolute atomic E-state index is 13.6. The van der Waals surface area contributed by atoms with Crippen LogP contribution in [0.4, 0.5) is 17.6 Å². The summed E-state index contributed by atoms with van der Waals surface area (Å²) in [5.41, 5.74) is 1.02. The average Bonchev–Trinajstić information content (AvgIpc) is 2.61. The molecule has 4 nitrogen and oxygen atoms in total. The second kappa shape index (κ2) is 11.0. The number of benzene rings is 2. The molecule has 0 heterocycles. The monoisotopic (exact) mass is 497 g/mol. The van der Waals surface area contributed by atoms with E-state index in [-0.39, 0.29) is 48.6 Å². The predicted octanol–water partition coefficient (Wildman–Crippen LogP) is 4.25. The maximum atomic E-state index is 13.6. The van der Waals surface area contributed by atoms with Crippen molar-refractivity contribution >= 4 is 29.9 Å². The van der Waals surface area contributed by atoms with Crippen molar-refractivity contribution in [3.05, 3.63) is 65.5 Å². The lowest BCUT2D eigenvalue weighted by molar-refractivity contribution is -0.153. The molecule has 0 unspecified atom stereocenters. The summed E-state index contributed by atoms with van der Waals surface area (Å²) < 4.78 is 55.5. The first-order valence-electron chi connectivity index (χ1n) is 7.84. The molecule has 0 saturated heterocycles. The van der Waals surface area contributed by atoms with Crippen LogP contribution in [0.15, 0.2) is 53.5 Å². The molecular weight excluding hydrogens is 477 g/mol. The van der Waals surface area contributed by atoms with Gasteiger partial charge in [-0.1, -0.05) is 36.4 Å². The average molecular weight is 497 g/mol. The van der Waals surface area contributed by atoms with Crippen molar-refractivity contribution in [2.75, 3.05) is 13.7 Å². The number of nitrogens with zero attached hydrogens (tertiary/aromatic N) is 1. The summed E-state index contributed by atoms with van der Waals surface area (Å²) in [7, 11) is 1.54. The van der Waals surface area contributed by atoms with Gasteiger partial charge in [0, 0.05) is 31.3 Å². The highest BCUT2D eigenvalue weighted by molar-refractivity contribution is 14.0. The second-order valence-corrected chi connectivity index (χ2v) is 5.38. The molecule has 0 aliphatic heterocycles. The fourth-order valence-electron chi connectivity index (χ4n) is 2.17. The van der Waals surface area contributed by atoms with Crippen LogP contribution in [0.5, 0.6) is 5.75 Å². The molecule has 0 saturated carbocycles. The van der Waals surface area contributed by atoms with E-state index < -0.39 is 12.8 Å². The first-order valence-corrected chi connectivity index (χ1v) is 7.84. The van der Waals surface area contributed by atoms with E-state index in [0.717, 1.165) is 0 Å². The Bertz CT molecular complexity index is 753. The third kappa shape index (κ3) is 8.02. The minimum absolute atomic E-state index is 0. The number of guanidine groups is 1. The van der Waals surface area contributed by atoms with E-state index in [9.17, 15) is 17.6 Å². The number of aliphatic imine (C=N–C) groups is 1. The van der Waals surface area contributed by atoms with Crippen LogP contribution >= 0.6 is 24.0 Å². The van der Waals surface area contributed by atoms with Crippen molar-refractivity contribution in [2.24, 2.45) is 4.99 Å². The van der Waals surface area contributed by atoms with Gasteiger partial charge in [0.2, 0.25) is 0 Å². The zero-order valence-electron chi connectivity index (χ0n) is 14.5. The highest BCUT2D eigenvalue weighted by Crippen LogP contribution is 2.22. The summed E-state index contributed by atoms with van der Waals surface area (Å²) in [6.45, 7) is -0.937. The van der Waals surface area contributed by atoms with Crippen molar-refractivity contribution in [3.8, 4) is 5.75 Å². The van der Waals surface area contributed by atoms with E-state index in [0.29, 0.717) is 17.1 Å². The van der Waals surface area contributed by atoms with Crippen molar-refractivity contribution in [1.82, 2.24) is 10.6 Å². The smallest absolute Gasteiger partial charge is 0.422 e. The minimum Gasteiger partial charge on any atom is -0.484 e. The van der Waals surface area contributed by atoms with Gasteiger partial charge < -0.3 is 15.4 Å². The zero-order valence-corrected chi connectivity index (χ0v) is 16.8. The number of para-hydroxylation sites is 1. The molecule has 0 aromatic heterocycles. The van der Waals surface area contributed by atoms with E-state index in [2.05, 4.69) is 15.6 Å². The van der Waals surface area contributed by atoms with Gasteiger partial charge in [-0.2, -0.15) is 13.2 Å². The Morgan fingerprint density at radius 1 is 0.963 bits per heavy atom. The lowest BCUT2D eigenvalue weighted by Gasteiger charge is -2.15. The summed E-state index contributed by atoms with van der Waals surface area (Å²) >= 11 is 0. The quantitative estimate of drug-likeness (QED) is 0.272. The van der Waals surface area contributed by atoms with Crippen molar-refractivity contribution in [2.45, 2.75) is 19.3 Å². The molecule has 0 bridgehead atoms. The molecule has 2 aromatic carbocycles. The van der Waals surface area contributed by atoms with Crippen LogP contribution in [-0.4, -0.2) is 25.8 Å². The van der Waals surface area contributed by atoms with Crippen molar-refractivity contribution < 1.29 is 22.3 Å². The second-order valence-electron chi connectivity index (χ2n) is 5.38. The largest absolute Gasteiger partial charge is 0.484 e. The Morgan fingerprint density at radius 3 is 2.11 bits per heavy atom. The maximum Gasteiger partial charge on any atom is 0.422 e. The van der Waals surface area contributed by atoms with Gasteiger partial charge in [0.15, 0.2) is 12.6 Å². The van der Waals surface area contributed by atoms with Crippen molar-refractivity contribution in [1.29, 1.82) is 0 Å². The Kier molecular flexibility index (Phi) is 9.33. The van der Waals surface area contributed by atoms with Crippen LogP contribution in [0.1, 0.15) is 11.1 Å². The van der Waals surface area contributed by atoms with E-state index in [1.54, 1.807) is 43.4 Å². The van der Waals surface area contributed by atoms with E-state index in [1.807, 2.05) is 0 Å². The van der Waals surface area contributed by atoms with E-state index >= 15 is 0 Å². The van der Waals surface area contributed by atoms with Crippen LogP contribution in [0.25, 0.3) is 0 Å². The first-order chi connectivity index (χ1) is 12.4. The number of ether oxygens (including phenoxy) is 1. The topological polar surface area (TPSA) is 45.7 Å². The molecule has 0 spiro atoms. The van der Waals surface area contributed by atoms with E-state index in [1.165, 1.54) is 12.1 Å². The summed E-state index contributed by atoms with van der Waals surface area (Å²) in [6.07, 6.45) is -4.40. The number of hydrogen-bond donors (Lipinski definition) is 2. The van der Waals surface area contributed by atoms with Gasteiger partial charge in [-0.15, -0.1) is 24.0 Å². The third-order valence-corrected chi connectivity index (χ3v) is 3.44. The SMILES string of the molecule is CN=C(NCc1ccccc1F)NCc1ccccc1OCC(F)(F)F.I. The molecule has 0 amide bonds. The van der Waals surface area contributed by atoms with Gasteiger partial charge in [0.05, 0.1) is 0 Å². The number of halogens is 5. The van der Waals surface area contributed by atoms with Gasteiger partial charge in [0.25, 0.3) is 0 Å².